The minimum atomic E-state index is 0. The first-order valence-corrected chi connectivity index (χ1v) is 11.0. The Morgan fingerprint density at radius 3 is 2.53 bits per heavy atom. The van der Waals surface area contributed by atoms with Gasteiger partial charge in [0.15, 0.2) is 17.4 Å². The van der Waals surface area contributed by atoms with Gasteiger partial charge in [0.1, 0.15) is 12.4 Å². The second kappa shape index (κ2) is 13.9. The van der Waals surface area contributed by atoms with Crippen molar-refractivity contribution in [3.05, 3.63) is 60.0 Å². The number of likely N-dealkylation sites (N-methyl/N-ethyl adjacent to an activating group) is 1. The van der Waals surface area contributed by atoms with Crippen molar-refractivity contribution in [1.82, 2.24) is 30.1 Å². The number of ether oxygens (including phenoxy) is 1. The molecule has 2 aromatic heterocycles. The summed E-state index contributed by atoms with van der Waals surface area (Å²) in [6.07, 6.45) is 1.96. The molecule has 0 bridgehead atoms. The molecule has 1 aromatic carbocycles. The highest BCUT2D eigenvalue weighted by Gasteiger charge is 2.06. The molecule has 0 radical (unpaired) electrons. The third kappa shape index (κ3) is 7.63. The number of nitrogens with zero attached hydrogens (tertiary/aromatic N) is 5. The predicted molar refractivity (Wildman–Crippen MR) is 140 cm³/mol. The lowest BCUT2D eigenvalue weighted by Crippen LogP contribution is -2.37. The van der Waals surface area contributed by atoms with Gasteiger partial charge < -0.3 is 20.3 Å². The molecule has 0 fully saturated rings. The average Bonchev–Trinajstić information content (AvgIpc) is 3.22. The van der Waals surface area contributed by atoms with E-state index in [-0.39, 0.29) is 24.0 Å². The number of fused-ring (bicyclic) bond motifs is 1. The normalized spacial score (nSPS) is 11.4. The summed E-state index contributed by atoms with van der Waals surface area (Å²) in [7, 11) is 0. The lowest BCUT2D eigenvalue weighted by Gasteiger charge is -2.18. The van der Waals surface area contributed by atoms with Crippen LogP contribution in [0, 0.1) is 0 Å². The van der Waals surface area contributed by atoms with Crippen LogP contribution in [0.25, 0.3) is 5.65 Å². The minimum Gasteiger partial charge on any atom is -0.492 e. The summed E-state index contributed by atoms with van der Waals surface area (Å²) in [6, 6.07) is 14.0. The molecule has 2 heterocycles. The van der Waals surface area contributed by atoms with Crippen molar-refractivity contribution in [2.24, 2.45) is 4.99 Å². The molecular weight excluding hydrogens is 517 g/mol. The Bertz CT molecular complexity index is 954. The summed E-state index contributed by atoms with van der Waals surface area (Å²) >= 11 is 0. The summed E-state index contributed by atoms with van der Waals surface area (Å²) in [5, 5.41) is 15.0. The van der Waals surface area contributed by atoms with E-state index in [0.29, 0.717) is 19.7 Å². The molecule has 0 saturated heterocycles. The fourth-order valence-corrected chi connectivity index (χ4v) is 3.21. The SMILES string of the molecule is CCNC(=NCc1ccc(OCCN(CC)CC)cc1)NCc1nnc2ccccn12.I. The number of aromatic nitrogens is 3. The summed E-state index contributed by atoms with van der Waals surface area (Å²) < 4.78 is 7.82. The zero-order chi connectivity index (χ0) is 21.9. The van der Waals surface area contributed by atoms with Gasteiger partial charge in [-0.1, -0.05) is 32.0 Å². The highest BCUT2D eigenvalue weighted by atomic mass is 127. The highest BCUT2D eigenvalue weighted by Crippen LogP contribution is 2.13. The second-order valence-electron chi connectivity index (χ2n) is 7.11. The van der Waals surface area contributed by atoms with Gasteiger partial charge in [0.05, 0.1) is 13.1 Å². The number of nitrogens with one attached hydrogen (secondary N) is 2. The van der Waals surface area contributed by atoms with E-state index in [2.05, 4.69) is 56.7 Å². The van der Waals surface area contributed by atoms with E-state index in [0.717, 1.165) is 54.9 Å². The minimum absolute atomic E-state index is 0. The molecule has 3 aromatic rings. The number of halogens is 1. The maximum Gasteiger partial charge on any atom is 0.191 e. The van der Waals surface area contributed by atoms with E-state index < -0.39 is 0 Å². The molecule has 0 saturated carbocycles. The van der Waals surface area contributed by atoms with Crippen molar-refractivity contribution in [2.75, 3.05) is 32.8 Å². The number of aliphatic imine (C=N–C) groups is 1. The number of pyridine rings is 1. The van der Waals surface area contributed by atoms with E-state index in [9.17, 15) is 0 Å². The molecule has 0 spiro atoms. The Morgan fingerprint density at radius 2 is 1.81 bits per heavy atom. The van der Waals surface area contributed by atoms with Gasteiger partial charge in [-0.25, -0.2) is 4.99 Å². The first kappa shape index (κ1) is 25.9. The first-order valence-electron chi connectivity index (χ1n) is 11.0. The largest absolute Gasteiger partial charge is 0.492 e. The number of benzene rings is 1. The predicted octanol–water partition coefficient (Wildman–Crippen LogP) is 3.32. The Morgan fingerprint density at radius 1 is 1.03 bits per heavy atom. The third-order valence-electron chi connectivity index (χ3n) is 5.06. The van der Waals surface area contributed by atoms with Crippen molar-refractivity contribution in [2.45, 2.75) is 33.9 Å². The maximum absolute atomic E-state index is 5.86. The molecule has 2 N–H and O–H groups in total. The fraction of sp³-hybridized carbons (Fsp3) is 0.435. The molecule has 0 aliphatic rings. The van der Waals surface area contributed by atoms with Crippen LogP contribution >= 0.6 is 24.0 Å². The van der Waals surface area contributed by atoms with E-state index in [1.807, 2.05) is 47.9 Å². The van der Waals surface area contributed by atoms with Gasteiger partial charge in [-0.15, -0.1) is 34.2 Å². The molecule has 3 rings (SSSR count). The van der Waals surface area contributed by atoms with E-state index in [1.54, 1.807) is 0 Å². The molecule has 32 heavy (non-hydrogen) atoms. The van der Waals surface area contributed by atoms with Gasteiger partial charge >= 0.3 is 0 Å². The zero-order valence-corrected chi connectivity index (χ0v) is 21.5. The molecular formula is C23H34IN7O. The Kier molecular flexibility index (Phi) is 11.2. The van der Waals surface area contributed by atoms with Crippen molar-refractivity contribution >= 4 is 35.6 Å². The lowest BCUT2D eigenvalue weighted by molar-refractivity contribution is 0.223. The molecule has 0 unspecified atom stereocenters. The third-order valence-corrected chi connectivity index (χ3v) is 5.06. The topological polar surface area (TPSA) is 79.1 Å². The van der Waals surface area contributed by atoms with Crippen LogP contribution in [0.2, 0.25) is 0 Å². The summed E-state index contributed by atoms with van der Waals surface area (Å²) in [6.45, 7) is 12.0. The fourth-order valence-electron chi connectivity index (χ4n) is 3.21. The average molecular weight is 551 g/mol. The highest BCUT2D eigenvalue weighted by molar-refractivity contribution is 14.0. The molecule has 0 aliphatic carbocycles. The molecule has 0 amide bonds. The molecule has 174 valence electrons. The van der Waals surface area contributed by atoms with E-state index in [4.69, 9.17) is 4.74 Å². The van der Waals surface area contributed by atoms with Crippen LogP contribution in [0.15, 0.2) is 53.7 Å². The van der Waals surface area contributed by atoms with Gasteiger partial charge in [0.2, 0.25) is 0 Å². The van der Waals surface area contributed by atoms with E-state index >= 15 is 0 Å². The van der Waals surface area contributed by atoms with Gasteiger partial charge in [0, 0.05) is 19.3 Å². The van der Waals surface area contributed by atoms with Crippen LogP contribution in [-0.4, -0.2) is 58.2 Å². The standard InChI is InChI=1S/C23H33N7O.HI/c1-4-24-23(26-18-22-28-27-21-9-7-8-14-30(21)22)25-17-19-10-12-20(13-11-19)31-16-15-29(5-2)6-3;/h7-14H,4-6,15-18H2,1-3H3,(H2,24,25,26);1H. The Labute approximate surface area is 207 Å². The summed E-state index contributed by atoms with van der Waals surface area (Å²) in [5.41, 5.74) is 1.96. The number of hydrogen-bond donors (Lipinski definition) is 2. The van der Waals surface area contributed by atoms with Crippen LogP contribution in [0.5, 0.6) is 5.75 Å². The van der Waals surface area contributed by atoms with Gasteiger partial charge in [-0.05, 0) is 49.8 Å². The number of rotatable bonds is 11. The maximum atomic E-state index is 5.86. The molecule has 9 heteroatoms. The number of guanidine groups is 1. The molecule has 8 nitrogen and oxygen atoms in total. The first-order chi connectivity index (χ1) is 15.2. The Hall–Kier alpha value is -2.40. The lowest BCUT2D eigenvalue weighted by atomic mass is 10.2. The summed E-state index contributed by atoms with van der Waals surface area (Å²) in [4.78, 5) is 7.04. The summed E-state index contributed by atoms with van der Waals surface area (Å²) in [5.74, 6) is 2.48. The van der Waals surface area contributed by atoms with Crippen LogP contribution in [-0.2, 0) is 13.1 Å². The van der Waals surface area contributed by atoms with Crippen LogP contribution in [0.1, 0.15) is 32.2 Å². The molecule has 0 aliphatic heterocycles. The van der Waals surface area contributed by atoms with Crippen LogP contribution in [0.4, 0.5) is 0 Å². The van der Waals surface area contributed by atoms with Crippen molar-refractivity contribution in [3.8, 4) is 5.75 Å². The number of hydrogen-bond acceptors (Lipinski definition) is 5. The second-order valence-corrected chi connectivity index (χ2v) is 7.11. The van der Waals surface area contributed by atoms with Crippen molar-refractivity contribution in [1.29, 1.82) is 0 Å². The smallest absolute Gasteiger partial charge is 0.191 e. The quantitative estimate of drug-likeness (QED) is 0.216. The van der Waals surface area contributed by atoms with Crippen LogP contribution in [0.3, 0.4) is 0 Å². The zero-order valence-electron chi connectivity index (χ0n) is 19.1. The van der Waals surface area contributed by atoms with Crippen molar-refractivity contribution in [3.63, 3.8) is 0 Å². The van der Waals surface area contributed by atoms with Gasteiger partial charge in [-0.2, -0.15) is 0 Å². The monoisotopic (exact) mass is 551 g/mol. The van der Waals surface area contributed by atoms with Crippen LogP contribution < -0.4 is 15.4 Å². The molecule has 0 atom stereocenters. The van der Waals surface area contributed by atoms with E-state index in [1.165, 1.54) is 0 Å². The van der Waals surface area contributed by atoms with Gasteiger partial charge in [0.25, 0.3) is 0 Å². The Balaban J connectivity index is 0.00000363. The van der Waals surface area contributed by atoms with Gasteiger partial charge in [-0.3, -0.25) is 4.40 Å². The van der Waals surface area contributed by atoms with Crippen molar-refractivity contribution < 1.29 is 4.74 Å².